The summed E-state index contributed by atoms with van der Waals surface area (Å²) in [5.41, 5.74) is 1.30. The fourth-order valence-corrected chi connectivity index (χ4v) is 2.91. The topological polar surface area (TPSA) is 89.5 Å². The summed E-state index contributed by atoms with van der Waals surface area (Å²) in [4.78, 5) is 36.3. The minimum atomic E-state index is -1.15. The molecule has 0 bridgehead atoms. The highest BCUT2D eigenvalue weighted by molar-refractivity contribution is 5.95. The van der Waals surface area contributed by atoms with Gasteiger partial charge < -0.3 is 20.1 Å². The van der Waals surface area contributed by atoms with Crippen LogP contribution in [0.25, 0.3) is 0 Å². The Kier molecular flexibility index (Phi) is 5.36. The molecule has 0 aliphatic heterocycles. The third kappa shape index (κ3) is 4.09. The van der Waals surface area contributed by atoms with Crippen molar-refractivity contribution in [2.75, 3.05) is 17.3 Å². The van der Waals surface area contributed by atoms with Gasteiger partial charge in [0.15, 0.2) is 0 Å². The summed E-state index contributed by atoms with van der Waals surface area (Å²) in [6, 6.07) is 6.86. The van der Waals surface area contributed by atoms with Gasteiger partial charge in [-0.05, 0) is 37.1 Å². The van der Waals surface area contributed by atoms with Crippen molar-refractivity contribution in [2.24, 2.45) is 11.8 Å². The Morgan fingerprint density at radius 3 is 2.17 bits per heavy atom. The van der Waals surface area contributed by atoms with Crippen LogP contribution in [0.4, 0.5) is 11.4 Å². The summed E-state index contributed by atoms with van der Waals surface area (Å²) in [5.74, 6) is -2.78. The van der Waals surface area contributed by atoms with E-state index in [0.717, 1.165) is 18.5 Å². The number of benzene rings is 1. The summed E-state index contributed by atoms with van der Waals surface area (Å²) >= 11 is 0. The Balaban J connectivity index is 2.04. The van der Waals surface area contributed by atoms with Crippen molar-refractivity contribution in [1.29, 1.82) is 0 Å². The number of hydrogen-bond acceptors (Lipinski definition) is 4. The fourth-order valence-electron chi connectivity index (χ4n) is 2.91. The second-order valence-electron chi connectivity index (χ2n) is 5.93. The van der Waals surface area contributed by atoms with Gasteiger partial charge in [0, 0.05) is 43.2 Å². The Hall–Kier alpha value is -2.37. The molecule has 2 rings (SSSR count). The second-order valence-corrected chi connectivity index (χ2v) is 5.93. The molecule has 1 aromatic carbocycles. The molecule has 6 heteroatoms. The van der Waals surface area contributed by atoms with E-state index in [1.807, 2.05) is 0 Å². The lowest BCUT2D eigenvalue weighted by Gasteiger charge is -2.31. The number of nitrogens with one attached hydrogen (secondary N) is 1. The zero-order valence-electron chi connectivity index (χ0n) is 13.4. The number of aliphatic carboxylic acids is 1. The predicted octanol–water partition coefficient (Wildman–Crippen LogP) is 1.16. The molecule has 23 heavy (non-hydrogen) atoms. The minimum Gasteiger partial charge on any atom is -0.550 e. The molecule has 124 valence electrons. The summed E-state index contributed by atoms with van der Waals surface area (Å²) in [6.45, 7) is 1.47. The van der Waals surface area contributed by atoms with Crippen molar-refractivity contribution in [2.45, 2.75) is 32.6 Å². The highest BCUT2D eigenvalue weighted by Gasteiger charge is 2.31. The summed E-state index contributed by atoms with van der Waals surface area (Å²) in [7, 11) is 1.67. The molecule has 1 fully saturated rings. The number of carboxylic acids is 1. The molecule has 0 radical (unpaired) electrons. The number of carboxylic acid groups (broad SMARTS) is 1. The largest absolute Gasteiger partial charge is 0.550 e. The van der Waals surface area contributed by atoms with Gasteiger partial charge >= 0.3 is 0 Å². The van der Waals surface area contributed by atoms with Crippen LogP contribution in [-0.2, 0) is 14.4 Å². The highest BCUT2D eigenvalue weighted by Crippen LogP contribution is 2.31. The van der Waals surface area contributed by atoms with Crippen molar-refractivity contribution in [3.05, 3.63) is 24.3 Å². The smallest absolute Gasteiger partial charge is 0.228 e. The first-order valence-electron chi connectivity index (χ1n) is 7.76. The van der Waals surface area contributed by atoms with Gasteiger partial charge in [-0.25, -0.2) is 0 Å². The lowest BCUT2D eigenvalue weighted by atomic mass is 9.78. The van der Waals surface area contributed by atoms with Crippen LogP contribution in [0.5, 0.6) is 0 Å². The molecule has 0 saturated heterocycles. The Morgan fingerprint density at radius 1 is 1.09 bits per heavy atom. The molecule has 6 nitrogen and oxygen atoms in total. The number of nitrogens with zero attached hydrogens (tertiary/aromatic N) is 1. The number of rotatable bonds is 4. The van der Waals surface area contributed by atoms with Crippen LogP contribution in [0, 0.1) is 11.8 Å². The molecule has 0 spiro atoms. The van der Waals surface area contributed by atoms with E-state index >= 15 is 0 Å². The third-order valence-electron chi connectivity index (χ3n) is 4.40. The van der Waals surface area contributed by atoms with E-state index < -0.39 is 17.8 Å². The molecule has 1 aliphatic rings. The minimum absolute atomic E-state index is 0.0826. The number of carbonyl (C=O) groups is 3. The van der Waals surface area contributed by atoms with Crippen LogP contribution in [-0.4, -0.2) is 24.8 Å². The summed E-state index contributed by atoms with van der Waals surface area (Å²) in [5, 5.41) is 13.9. The van der Waals surface area contributed by atoms with Crippen LogP contribution in [0.2, 0.25) is 0 Å². The lowest BCUT2D eigenvalue weighted by molar-refractivity contribution is -0.313. The molecule has 0 aromatic heterocycles. The molecule has 1 aromatic rings. The first kappa shape index (κ1) is 17.0. The maximum absolute atomic E-state index is 12.3. The van der Waals surface area contributed by atoms with Crippen molar-refractivity contribution in [3.63, 3.8) is 0 Å². The molecule has 1 N–H and O–H groups in total. The van der Waals surface area contributed by atoms with Crippen LogP contribution in [0.1, 0.15) is 32.6 Å². The van der Waals surface area contributed by atoms with Gasteiger partial charge in [-0.15, -0.1) is 0 Å². The van der Waals surface area contributed by atoms with E-state index in [9.17, 15) is 19.5 Å². The average molecular weight is 317 g/mol. The Morgan fingerprint density at radius 2 is 1.65 bits per heavy atom. The Labute approximate surface area is 135 Å². The first-order valence-corrected chi connectivity index (χ1v) is 7.76. The third-order valence-corrected chi connectivity index (χ3v) is 4.40. The highest BCUT2D eigenvalue weighted by atomic mass is 16.4. The van der Waals surface area contributed by atoms with Crippen molar-refractivity contribution in [3.8, 4) is 0 Å². The molecule has 2 amide bonds. The van der Waals surface area contributed by atoms with Crippen molar-refractivity contribution in [1.82, 2.24) is 0 Å². The molecular weight excluding hydrogens is 296 g/mol. The van der Waals surface area contributed by atoms with Crippen molar-refractivity contribution >= 4 is 29.2 Å². The Bertz CT molecular complexity index is 597. The standard InChI is InChI=1S/C17H22N2O4/c1-11(20)19(2)13-9-7-12(8-10-13)18-16(21)14-5-3-4-6-15(14)17(22)23/h7-10,14-15H,3-6H2,1-2H3,(H,18,21)(H,22,23)/p-1/t14-,15+/m1/s1. The lowest BCUT2D eigenvalue weighted by Crippen LogP contribution is -2.42. The van der Waals surface area contributed by atoms with E-state index in [4.69, 9.17) is 0 Å². The van der Waals surface area contributed by atoms with E-state index in [2.05, 4.69) is 5.32 Å². The van der Waals surface area contributed by atoms with Crippen LogP contribution in [0.15, 0.2) is 24.3 Å². The molecular formula is C17H21N2O4-. The van der Waals surface area contributed by atoms with Crippen LogP contribution < -0.4 is 15.3 Å². The molecule has 1 saturated carbocycles. The van der Waals surface area contributed by atoms with E-state index in [-0.39, 0.29) is 11.8 Å². The first-order chi connectivity index (χ1) is 10.9. The maximum Gasteiger partial charge on any atom is 0.228 e. The van der Waals surface area contributed by atoms with Gasteiger partial charge in [0.2, 0.25) is 11.8 Å². The molecule has 1 aliphatic carbocycles. The monoisotopic (exact) mass is 317 g/mol. The fraction of sp³-hybridized carbons (Fsp3) is 0.471. The van der Waals surface area contributed by atoms with Gasteiger partial charge in [0.1, 0.15) is 0 Å². The number of anilines is 2. The van der Waals surface area contributed by atoms with Crippen molar-refractivity contribution < 1.29 is 19.5 Å². The zero-order chi connectivity index (χ0) is 17.0. The predicted molar refractivity (Wildman–Crippen MR) is 84.6 cm³/mol. The average Bonchev–Trinajstić information content (AvgIpc) is 2.54. The SMILES string of the molecule is CC(=O)N(C)c1ccc(NC(=O)[C@@H]2CCCC[C@@H]2C(=O)[O-])cc1. The van der Waals surface area contributed by atoms with E-state index in [0.29, 0.717) is 18.5 Å². The number of amides is 2. The normalized spacial score (nSPS) is 20.6. The summed E-state index contributed by atoms with van der Waals surface area (Å²) < 4.78 is 0. The molecule has 2 atom stereocenters. The number of hydrogen-bond donors (Lipinski definition) is 1. The maximum atomic E-state index is 12.3. The summed E-state index contributed by atoms with van der Waals surface area (Å²) in [6.07, 6.45) is 2.72. The van der Waals surface area contributed by atoms with Crippen LogP contribution in [0.3, 0.4) is 0 Å². The van der Waals surface area contributed by atoms with Gasteiger partial charge in [-0.3, -0.25) is 9.59 Å². The van der Waals surface area contributed by atoms with Gasteiger partial charge in [-0.1, -0.05) is 12.8 Å². The number of carbonyl (C=O) groups excluding carboxylic acids is 3. The van der Waals surface area contributed by atoms with E-state index in [1.165, 1.54) is 11.8 Å². The molecule has 0 heterocycles. The quantitative estimate of drug-likeness (QED) is 0.902. The molecule has 0 unspecified atom stereocenters. The van der Waals surface area contributed by atoms with E-state index in [1.54, 1.807) is 31.3 Å². The second kappa shape index (κ2) is 7.26. The zero-order valence-corrected chi connectivity index (χ0v) is 13.4. The van der Waals surface area contributed by atoms with Gasteiger partial charge in [-0.2, -0.15) is 0 Å². The van der Waals surface area contributed by atoms with Gasteiger partial charge in [0.25, 0.3) is 0 Å². The van der Waals surface area contributed by atoms with Crippen LogP contribution >= 0.6 is 0 Å². The van der Waals surface area contributed by atoms with Gasteiger partial charge in [0.05, 0.1) is 0 Å².